The van der Waals surface area contributed by atoms with Gasteiger partial charge in [-0.2, -0.15) is 0 Å². The predicted octanol–water partition coefficient (Wildman–Crippen LogP) is 0.0602. The Bertz CT molecular complexity index is 538. The lowest BCUT2D eigenvalue weighted by Crippen LogP contribution is -2.39. The SMILES string of the molecule is O=S(=O)([O-])[O-].[NH3+]c1ccc(F)cc1.[NH3+]c1ccc(F)cc1. The Hall–Kier alpha value is -1.91. The van der Waals surface area contributed by atoms with E-state index in [0.717, 1.165) is 11.4 Å². The van der Waals surface area contributed by atoms with Crippen molar-refractivity contribution in [3.8, 4) is 0 Å². The van der Waals surface area contributed by atoms with Crippen LogP contribution in [-0.2, 0) is 10.4 Å². The lowest BCUT2D eigenvalue weighted by Gasteiger charge is -2.06. The molecule has 9 heteroatoms. The average Bonchev–Trinajstić information content (AvgIpc) is 2.35. The Morgan fingerprint density at radius 3 is 1.05 bits per heavy atom. The largest absolute Gasteiger partial charge is 0.759 e. The molecule has 21 heavy (non-hydrogen) atoms. The minimum Gasteiger partial charge on any atom is -0.759 e. The first-order valence-corrected chi connectivity index (χ1v) is 6.73. The van der Waals surface area contributed by atoms with E-state index in [-0.39, 0.29) is 11.6 Å². The van der Waals surface area contributed by atoms with Crippen molar-refractivity contribution in [2.45, 2.75) is 0 Å². The molecular weight excluding hydrogens is 306 g/mol. The molecule has 0 radical (unpaired) electrons. The summed E-state index contributed by atoms with van der Waals surface area (Å²) in [7, 11) is -5.17. The molecule has 0 aliphatic rings. The van der Waals surface area contributed by atoms with E-state index in [9.17, 15) is 8.78 Å². The van der Waals surface area contributed by atoms with Gasteiger partial charge in [-0.05, 0) is 24.3 Å². The zero-order chi connectivity index (χ0) is 16.5. The summed E-state index contributed by atoms with van der Waals surface area (Å²) in [6.45, 7) is 0. The van der Waals surface area contributed by atoms with Crippen molar-refractivity contribution in [1.82, 2.24) is 0 Å². The molecule has 0 aliphatic carbocycles. The second-order valence-corrected chi connectivity index (χ2v) is 4.48. The van der Waals surface area contributed by atoms with Crippen LogP contribution >= 0.6 is 0 Å². The highest BCUT2D eigenvalue weighted by molar-refractivity contribution is 7.79. The molecule has 0 bridgehead atoms. The summed E-state index contributed by atoms with van der Waals surface area (Å²) < 4.78 is 58.2. The Labute approximate surface area is 120 Å². The quantitative estimate of drug-likeness (QED) is 0.524. The molecule has 0 spiro atoms. The van der Waals surface area contributed by atoms with Crippen LogP contribution < -0.4 is 11.5 Å². The first-order valence-electron chi connectivity index (χ1n) is 5.39. The molecule has 0 amide bonds. The van der Waals surface area contributed by atoms with E-state index >= 15 is 0 Å². The Balaban J connectivity index is 0.000000296. The van der Waals surface area contributed by atoms with Gasteiger partial charge in [-0.3, -0.25) is 8.42 Å². The average molecular weight is 320 g/mol. The van der Waals surface area contributed by atoms with Crippen molar-refractivity contribution >= 4 is 21.8 Å². The minimum absolute atomic E-state index is 0.211. The fourth-order valence-corrected chi connectivity index (χ4v) is 0.969. The summed E-state index contributed by atoms with van der Waals surface area (Å²) in [5.41, 5.74) is 8.87. The number of benzene rings is 2. The monoisotopic (exact) mass is 320 g/mol. The molecule has 6 nitrogen and oxygen atoms in total. The summed E-state index contributed by atoms with van der Waals surface area (Å²) in [4.78, 5) is 0. The topological polar surface area (TPSA) is 136 Å². The first kappa shape index (κ1) is 19.1. The second-order valence-electron chi connectivity index (χ2n) is 3.66. The summed E-state index contributed by atoms with van der Waals surface area (Å²) in [6, 6.07) is 12.1. The number of rotatable bonds is 0. The van der Waals surface area contributed by atoms with Crippen molar-refractivity contribution < 1.29 is 37.8 Å². The highest BCUT2D eigenvalue weighted by Gasteiger charge is 1.87. The van der Waals surface area contributed by atoms with E-state index < -0.39 is 10.4 Å². The summed E-state index contributed by atoms with van der Waals surface area (Å²) in [6.07, 6.45) is 0. The Morgan fingerprint density at radius 2 is 0.905 bits per heavy atom. The highest BCUT2D eigenvalue weighted by Crippen LogP contribution is 2.00. The van der Waals surface area contributed by atoms with Crippen LogP contribution in [0, 0.1) is 11.6 Å². The van der Waals surface area contributed by atoms with E-state index in [1.54, 1.807) is 24.3 Å². The van der Waals surface area contributed by atoms with Crippen LogP contribution in [0.15, 0.2) is 48.5 Å². The standard InChI is InChI=1S/2C6H6FN.H2O4S/c2*7-5-1-3-6(8)4-2-5;1-5(2,3)4/h2*1-4H,8H2;(H2,1,2,3,4). The van der Waals surface area contributed by atoms with Gasteiger partial charge < -0.3 is 20.6 Å². The molecule has 6 N–H and O–H groups in total. The summed E-state index contributed by atoms with van der Waals surface area (Å²) in [5.74, 6) is -0.421. The van der Waals surface area contributed by atoms with Gasteiger partial charge in [0, 0.05) is 34.7 Å². The maximum absolute atomic E-state index is 12.1. The molecule has 0 aliphatic heterocycles. The number of quaternary nitrogens is 2. The number of halogens is 2. The van der Waals surface area contributed by atoms with Crippen LogP contribution in [0.25, 0.3) is 0 Å². The highest BCUT2D eigenvalue weighted by atomic mass is 32.3. The fraction of sp³-hybridized carbons (Fsp3) is 0. The van der Waals surface area contributed by atoms with Crippen LogP contribution in [0.4, 0.5) is 20.2 Å². The van der Waals surface area contributed by atoms with Gasteiger partial charge in [-0.15, -0.1) is 0 Å². The number of hydrogen-bond acceptors (Lipinski definition) is 4. The third-order valence-corrected chi connectivity index (χ3v) is 1.83. The Morgan fingerprint density at radius 1 is 0.714 bits per heavy atom. The van der Waals surface area contributed by atoms with Gasteiger partial charge in [-0.25, -0.2) is 8.78 Å². The van der Waals surface area contributed by atoms with E-state index in [4.69, 9.17) is 17.5 Å². The lowest BCUT2D eigenvalue weighted by molar-refractivity contribution is -0.255. The zero-order valence-electron chi connectivity index (χ0n) is 10.8. The van der Waals surface area contributed by atoms with Gasteiger partial charge >= 0.3 is 0 Å². The van der Waals surface area contributed by atoms with Crippen LogP contribution in [0.2, 0.25) is 0 Å². The molecule has 0 atom stereocenters. The molecule has 0 unspecified atom stereocenters. The molecule has 0 saturated heterocycles. The van der Waals surface area contributed by atoms with Crippen molar-refractivity contribution in [2.24, 2.45) is 0 Å². The molecule has 2 aromatic rings. The fourth-order valence-electron chi connectivity index (χ4n) is 0.969. The van der Waals surface area contributed by atoms with Gasteiger partial charge in [0.2, 0.25) is 0 Å². The molecule has 2 aromatic carbocycles. The third kappa shape index (κ3) is 14.3. The summed E-state index contributed by atoms with van der Waals surface area (Å²) in [5, 5.41) is 0. The van der Waals surface area contributed by atoms with Crippen LogP contribution in [0.5, 0.6) is 0 Å². The Kier molecular flexibility index (Phi) is 8.28. The number of hydrogen-bond donors (Lipinski definition) is 2. The molecule has 0 aromatic heterocycles. The molecule has 0 heterocycles. The van der Waals surface area contributed by atoms with E-state index in [1.807, 2.05) is 0 Å². The third-order valence-electron chi connectivity index (χ3n) is 1.83. The predicted molar refractivity (Wildman–Crippen MR) is 68.4 cm³/mol. The van der Waals surface area contributed by atoms with Crippen molar-refractivity contribution in [1.29, 1.82) is 0 Å². The molecule has 2 rings (SSSR count). The van der Waals surface area contributed by atoms with Gasteiger partial charge in [0.25, 0.3) is 0 Å². The minimum atomic E-state index is -5.17. The van der Waals surface area contributed by atoms with Crippen LogP contribution in [0.1, 0.15) is 0 Å². The lowest BCUT2D eigenvalue weighted by atomic mass is 10.3. The van der Waals surface area contributed by atoms with E-state index in [2.05, 4.69) is 11.5 Å². The maximum Gasteiger partial charge on any atom is 0.128 e. The van der Waals surface area contributed by atoms with Gasteiger partial charge in [0.15, 0.2) is 0 Å². The van der Waals surface area contributed by atoms with Gasteiger partial charge in [-0.1, -0.05) is 0 Å². The van der Waals surface area contributed by atoms with Crippen LogP contribution in [-0.4, -0.2) is 17.5 Å². The van der Waals surface area contributed by atoms with Crippen molar-refractivity contribution in [3.05, 3.63) is 60.2 Å². The van der Waals surface area contributed by atoms with Gasteiger partial charge in [0.05, 0.1) is 0 Å². The molecule has 0 saturated carbocycles. The van der Waals surface area contributed by atoms with E-state index in [0.29, 0.717) is 0 Å². The maximum atomic E-state index is 12.1. The first-order chi connectivity index (χ1) is 9.58. The summed E-state index contributed by atoms with van der Waals surface area (Å²) >= 11 is 0. The van der Waals surface area contributed by atoms with Gasteiger partial charge in [0.1, 0.15) is 23.0 Å². The normalized spacial score (nSPS) is 9.81. The van der Waals surface area contributed by atoms with Crippen molar-refractivity contribution in [2.75, 3.05) is 0 Å². The van der Waals surface area contributed by atoms with Crippen LogP contribution in [0.3, 0.4) is 0 Å². The van der Waals surface area contributed by atoms with E-state index in [1.165, 1.54) is 24.3 Å². The molecule has 0 fully saturated rings. The zero-order valence-corrected chi connectivity index (χ0v) is 11.6. The smallest absolute Gasteiger partial charge is 0.128 e. The van der Waals surface area contributed by atoms with Crippen molar-refractivity contribution in [3.63, 3.8) is 0 Å². The molecular formula is C12H14F2N2O4S. The molecule has 116 valence electrons. The second kappa shape index (κ2) is 9.10.